The van der Waals surface area contributed by atoms with Gasteiger partial charge in [0.05, 0.1) is 11.3 Å². The highest BCUT2D eigenvalue weighted by atomic mass is 16.7. The Hall–Kier alpha value is -3.35. The fourth-order valence-corrected chi connectivity index (χ4v) is 3.20. The third kappa shape index (κ3) is 2.40. The van der Waals surface area contributed by atoms with E-state index < -0.39 is 17.7 Å². The summed E-state index contributed by atoms with van der Waals surface area (Å²) in [5, 5.41) is 10.4. The third-order valence-electron chi connectivity index (χ3n) is 4.43. The van der Waals surface area contributed by atoms with Gasteiger partial charge in [0.25, 0.3) is 5.91 Å². The molecule has 1 atom stereocenters. The van der Waals surface area contributed by atoms with Gasteiger partial charge in [-0.3, -0.25) is 19.5 Å². The Morgan fingerprint density at radius 1 is 1.27 bits per heavy atom. The molecule has 2 aromatic rings. The largest absolute Gasteiger partial charge is 0.503 e. The number of amides is 1. The van der Waals surface area contributed by atoms with Crippen LogP contribution >= 0.6 is 0 Å². The highest BCUT2D eigenvalue weighted by Gasteiger charge is 2.44. The zero-order chi connectivity index (χ0) is 18.3. The molecule has 1 aromatic carbocycles. The van der Waals surface area contributed by atoms with Crippen LogP contribution in [0, 0.1) is 0 Å². The molecule has 2 aliphatic heterocycles. The number of hydrogen-bond donors (Lipinski definition) is 1. The van der Waals surface area contributed by atoms with Gasteiger partial charge in [0, 0.05) is 24.4 Å². The molecule has 0 radical (unpaired) electrons. The average molecular weight is 352 g/mol. The van der Waals surface area contributed by atoms with Crippen molar-refractivity contribution in [2.24, 2.45) is 0 Å². The number of aromatic nitrogens is 1. The van der Waals surface area contributed by atoms with E-state index in [4.69, 9.17) is 9.47 Å². The first-order valence-corrected chi connectivity index (χ1v) is 8.22. The summed E-state index contributed by atoms with van der Waals surface area (Å²) >= 11 is 0. The first-order chi connectivity index (χ1) is 12.6. The summed E-state index contributed by atoms with van der Waals surface area (Å²) < 4.78 is 10.7. The quantitative estimate of drug-likeness (QED) is 0.910. The summed E-state index contributed by atoms with van der Waals surface area (Å²) in [4.78, 5) is 30.9. The van der Waals surface area contributed by atoms with Crippen molar-refractivity contribution in [1.82, 2.24) is 4.98 Å². The first kappa shape index (κ1) is 16.1. The molecular formula is C19H16N2O5. The maximum Gasteiger partial charge on any atom is 0.294 e. The highest BCUT2D eigenvalue weighted by Crippen LogP contribution is 2.43. The topological polar surface area (TPSA) is 89.0 Å². The number of nitrogens with zero attached hydrogens (tertiary/aromatic N) is 2. The maximum atomic E-state index is 12.8. The average Bonchev–Trinajstić information content (AvgIpc) is 3.24. The van der Waals surface area contributed by atoms with Crippen molar-refractivity contribution in [3.63, 3.8) is 0 Å². The van der Waals surface area contributed by atoms with Crippen LogP contribution in [0.5, 0.6) is 11.5 Å². The lowest BCUT2D eigenvalue weighted by Crippen LogP contribution is -2.31. The molecule has 1 amide bonds. The first-order valence-electron chi connectivity index (χ1n) is 8.22. The Bertz CT molecular complexity index is 923. The molecular weight excluding hydrogens is 336 g/mol. The van der Waals surface area contributed by atoms with E-state index in [0.717, 1.165) is 0 Å². The van der Waals surface area contributed by atoms with Gasteiger partial charge in [-0.05, 0) is 24.3 Å². The van der Waals surface area contributed by atoms with Gasteiger partial charge in [-0.1, -0.05) is 13.0 Å². The van der Waals surface area contributed by atoms with Gasteiger partial charge in [-0.25, -0.2) is 0 Å². The van der Waals surface area contributed by atoms with Crippen molar-refractivity contribution >= 4 is 17.4 Å². The molecule has 7 nitrogen and oxygen atoms in total. The number of anilines is 1. The molecule has 1 aromatic heterocycles. The SMILES string of the molecule is CCC(=O)C1=C(O)C(=O)N(c2ccc3c(c2)OCO3)C1c1ccccn1. The van der Waals surface area contributed by atoms with Gasteiger partial charge in [-0.2, -0.15) is 0 Å². The Balaban J connectivity index is 1.85. The van der Waals surface area contributed by atoms with E-state index in [9.17, 15) is 14.7 Å². The Labute approximate surface area is 149 Å². The molecule has 132 valence electrons. The third-order valence-corrected chi connectivity index (χ3v) is 4.43. The molecule has 26 heavy (non-hydrogen) atoms. The van der Waals surface area contributed by atoms with E-state index in [1.165, 1.54) is 4.90 Å². The van der Waals surface area contributed by atoms with E-state index in [2.05, 4.69) is 4.98 Å². The van der Waals surface area contributed by atoms with Crippen molar-refractivity contribution in [3.8, 4) is 11.5 Å². The highest BCUT2D eigenvalue weighted by molar-refractivity contribution is 6.16. The van der Waals surface area contributed by atoms with Crippen LogP contribution in [0.4, 0.5) is 5.69 Å². The van der Waals surface area contributed by atoms with Crippen molar-refractivity contribution < 1.29 is 24.2 Å². The van der Waals surface area contributed by atoms with Crippen LogP contribution in [0.1, 0.15) is 25.1 Å². The number of carbonyl (C=O) groups excluding carboxylic acids is 2. The second kappa shape index (κ2) is 6.18. The van der Waals surface area contributed by atoms with E-state index >= 15 is 0 Å². The number of carbonyl (C=O) groups is 2. The molecule has 0 aliphatic carbocycles. The van der Waals surface area contributed by atoms with Crippen molar-refractivity contribution in [3.05, 3.63) is 59.6 Å². The summed E-state index contributed by atoms with van der Waals surface area (Å²) in [6.07, 6.45) is 1.76. The van der Waals surface area contributed by atoms with Gasteiger partial charge >= 0.3 is 0 Å². The van der Waals surface area contributed by atoms with Crippen molar-refractivity contribution in [1.29, 1.82) is 0 Å². The molecule has 0 bridgehead atoms. The van der Waals surface area contributed by atoms with Crippen molar-refractivity contribution in [2.75, 3.05) is 11.7 Å². The number of benzene rings is 1. The number of rotatable bonds is 4. The smallest absolute Gasteiger partial charge is 0.294 e. The Morgan fingerprint density at radius 2 is 2.08 bits per heavy atom. The maximum absolute atomic E-state index is 12.8. The van der Waals surface area contributed by atoms with E-state index in [1.807, 2.05) is 0 Å². The number of fused-ring (bicyclic) bond motifs is 1. The summed E-state index contributed by atoms with van der Waals surface area (Å²) in [5.74, 6) is -0.391. The van der Waals surface area contributed by atoms with Crippen LogP contribution in [0.2, 0.25) is 0 Å². The monoisotopic (exact) mass is 352 g/mol. The molecule has 4 rings (SSSR count). The summed E-state index contributed by atoms with van der Waals surface area (Å²) in [6.45, 7) is 1.80. The minimum Gasteiger partial charge on any atom is -0.503 e. The fourth-order valence-electron chi connectivity index (χ4n) is 3.20. The number of hydrogen-bond acceptors (Lipinski definition) is 6. The second-order valence-corrected chi connectivity index (χ2v) is 5.91. The van der Waals surface area contributed by atoms with Gasteiger partial charge in [0.1, 0.15) is 6.04 Å². The summed E-state index contributed by atoms with van der Waals surface area (Å²) in [6, 6.07) is 9.48. The molecule has 0 fully saturated rings. The molecule has 7 heteroatoms. The van der Waals surface area contributed by atoms with Gasteiger partial charge in [-0.15, -0.1) is 0 Å². The number of ether oxygens (including phenoxy) is 2. The normalized spacial score (nSPS) is 18.6. The van der Waals surface area contributed by atoms with Gasteiger partial charge in [0.2, 0.25) is 6.79 Å². The lowest BCUT2D eigenvalue weighted by Gasteiger charge is -2.26. The predicted molar refractivity (Wildman–Crippen MR) is 92.0 cm³/mol. The predicted octanol–water partition coefficient (Wildman–Crippen LogP) is 2.69. The minimum atomic E-state index is -0.795. The van der Waals surface area contributed by atoms with E-state index in [-0.39, 0.29) is 24.6 Å². The second-order valence-electron chi connectivity index (χ2n) is 5.91. The number of ketones is 1. The van der Waals surface area contributed by atoms with Crippen LogP contribution < -0.4 is 14.4 Å². The molecule has 0 spiro atoms. The molecule has 1 unspecified atom stereocenters. The number of pyridine rings is 1. The van der Waals surface area contributed by atoms with Crippen LogP contribution in [0.3, 0.4) is 0 Å². The summed E-state index contributed by atoms with van der Waals surface area (Å²) in [5.41, 5.74) is 1.05. The van der Waals surface area contributed by atoms with Gasteiger partial charge < -0.3 is 14.6 Å². The van der Waals surface area contributed by atoms with Crippen molar-refractivity contribution in [2.45, 2.75) is 19.4 Å². The number of aliphatic hydroxyl groups excluding tert-OH is 1. The van der Waals surface area contributed by atoms with Crippen LogP contribution in [0.15, 0.2) is 53.9 Å². The molecule has 0 saturated carbocycles. The number of Topliss-reactive ketones (excluding diaryl/α,β-unsaturated/α-hetero) is 1. The van der Waals surface area contributed by atoms with Crippen LogP contribution in [-0.2, 0) is 9.59 Å². The standard InChI is InChI=1S/C19H16N2O5/c1-2-13(22)16-17(12-5-3-4-8-20-12)21(19(24)18(16)23)11-6-7-14-15(9-11)26-10-25-14/h3-9,17,23H,2,10H2,1H3. The molecule has 0 saturated heterocycles. The van der Waals surface area contributed by atoms with Crippen LogP contribution in [-0.4, -0.2) is 28.6 Å². The molecule has 1 N–H and O–H groups in total. The summed E-state index contributed by atoms with van der Waals surface area (Å²) in [7, 11) is 0. The molecule has 3 heterocycles. The van der Waals surface area contributed by atoms with E-state index in [0.29, 0.717) is 22.9 Å². The zero-order valence-electron chi connectivity index (χ0n) is 14.0. The zero-order valence-corrected chi connectivity index (χ0v) is 14.0. The number of aliphatic hydroxyl groups is 1. The molecule has 2 aliphatic rings. The lowest BCUT2D eigenvalue weighted by atomic mass is 9.98. The minimum absolute atomic E-state index is 0.0638. The Morgan fingerprint density at radius 3 is 2.81 bits per heavy atom. The van der Waals surface area contributed by atoms with Gasteiger partial charge in [0.15, 0.2) is 23.0 Å². The van der Waals surface area contributed by atoms with Crippen LogP contribution in [0.25, 0.3) is 0 Å². The fraction of sp³-hybridized carbons (Fsp3) is 0.211. The Kier molecular flexibility index (Phi) is 3.84. The van der Waals surface area contributed by atoms with E-state index in [1.54, 1.807) is 49.5 Å². The lowest BCUT2D eigenvalue weighted by molar-refractivity contribution is -0.118.